The van der Waals surface area contributed by atoms with E-state index in [1.807, 2.05) is 19.1 Å². The van der Waals surface area contributed by atoms with Crippen LogP contribution < -0.4 is 11.1 Å². The van der Waals surface area contributed by atoms with E-state index in [-0.39, 0.29) is 11.4 Å². The van der Waals surface area contributed by atoms with E-state index in [4.69, 9.17) is 5.73 Å². The second-order valence-electron chi connectivity index (χ2n) is 5.07. The first-order chi connectivity index (χ1) is 11.5. The Morgan fingerprint density at radius 1 is 1.04 bits per heavy atom. The molecule has 24 heavy (non-hydrogen) atoms. The second-order valence-corrected chi connectivity index (χ2v) is 5.07. The minimum Gasteiger partial charge on any atom is -0.364 e. The number of rotatable bonds is 4. The Morgan fingerprint density at radius 2 is 1.75 bits per heavy atom. The van der Waals surface area contributed by atoms with Crippen LogP contribution in [0.5, 0.6) is 0 Å². The zero-order valence-electron chi connectivity index (χ0n) is 12.8. The fraction of sp³-hybridized carbons (Fsp3) is 0.0625. The van der Waals surface area contributed by atoms with Crippen molar-refractivity contribution in [1.82, 2.24) is 19.9 Å². The van der Waals surface area contributed by atoms with Crippen LogP contribution in [0.15, 0.2) is 42.9 Å². The Hall–Kier alpha value is -3.55. The summed E-state index contributed by atoms with van der Waals surface area (Å²) in [5, 5.41) is 2.77. The number of hydrogen-bond donors (Lipinski definition) is 3. The molecule has 0 saturated carbocycles. The fourth-order valence-corrected chi connectivity index (χ4v) is 2.11. The summed E-state index contributed by atoms with van der Waals surface area (Å²) in [6, 6.07) is 7.26. The number of aryl methyl sites for hydroxylation is 1. The molecule has 0 bridgehead atoms. The lowest BCUT2D eigenvalue weighted by atomic mass is 10.1. The van der Waals surface area contributed by atoms with Gasteiger partial charge in [-0.25, -0.2) is 15.0 Å². The van der Waals surface area contributed by atoms with Crippen molar-refractivity contribution in [2.75, 3.05) is 5.32 Å². The van der Waals surface area contributed by atoms with Gasteiger partial charge in [-0.05, 0) is 19.1 Å². The number of nitrogens with zero attached hydrogens (tertiary/aromatic N) is 3. The van der Waals surface area contributed by atoms with Gasteiger partial charge in [0.2, 0.25) is 0 Å². The maximum atomic E-state index is 12.3. The van der Waals surface area contributed by atoms with Crippen LogP contribution in [0.3, 0.4) is 0 Å². The van der Waals surface area contributed by atoms with Crippen LogP contribution in [0.1, 0.15) is 26.7 Å². The van der Waals surface area contributed by atoms with Gasteiger partial charge in [0.1, 0.15) is 17.2 Å². The number of para-hydroxylation sites is 1. The molecule has 0 saturated heterocycles. The van der Waals surface area contributed by atoms with E-state index in [1.54, 1.807) is 18.3 Å². The Balaban J connectivity index is 1.86. The number of primary amides is 1. The van der Waals surface area contributed by atoms with E-state index in [0.717, 1.165) is 11.3 Å². The predicted octanol–water partition coefficient (Wildman–Crippen LogP) is 1.53. The van der Waals surface area contributed by atoms with E-state index in [1.165, 1.54) is 12.4 Å². The normalized spacial score (nSPS) is 10.4. The molecule has 0 unspecified atom stereocenters. The quantitative estimate of drug-likeness (QED) is 0.671. The molecular weight excluding hydrogens is 308 g/mol. The van der Waals surface area contributed by atoms with Crippen LogP contribution in [0.25, 0.3) is 11.4 Å². The van der Waals surface area contributed by atoms with Crippen molar-refractivity contribution in [1.29, 1.82) is 0 Å². The molecule has 1 aromatic carbocycles. The minimum absolute atomic E-state index is 0.00184. The first-order valence-electron chi connectivity index (χ1n) is 7.09. The number of nitrogens with two attached hydrogens (primary N) is 1. The van der Waals surface area contributed by atoms with Crippen LogP contribution in [-0.4, -0.2) is 31.8 Å². The molecule has 8 heteroatoms. The number of imidazole rings is 1. The van der Waals surface area contributed by atoms with Crippen LogP contribution in [0.2, 0.25) is 0 Å². The highest BCUT2D eigenvalue weighted by Crippen LogP contribution is 2.25. The molecule has 3 rings (SSSR count). The largest absolute Gasteiger partial charge is 0.364 e. The summed E-state index contributed by atoms with van der Waals surface area (Å²) in [5.41, 5.74) is 7.42. The lowest BCUT2D eigenvalue weighted by Crippen LogP contribution is -2.18. The number of H-pyrrole nitrogens is 1. The monoisotopic (exact) mass is 322 g/mol. The summed E-state index contributed by atoms with van der Waals surface area (Å²) >= 11 is 0. The number of nitrogens with one attached hydrogen (secondary N) is 2. The summed E-state index contributed by atoms with van der Waals surface area (Å²) in [6.45, 7) is 1.90. The molecule has 4 N–H and O–H groups in total. The van der Waals surface area contributed by atoms with Gasteiger partial charge in [0.15, 0.2) is 0 Å². The number of carbonyl (C=O) groups excluding carboxylic acids is 2. The van der Waals surface area contributed by atoms with Gasteiger partial charge in [-0.1, -0.05) is 12.1 Å². The summed E-state index contributed by atoms with van der Waals surface area (Å²) in [5.74, 6) is -0.499. The average molecular weight is 322 g/mol. The third kappa shape index (κ3) is 3.12. The molecule has 0 radical (unpaired) electrons. The number of carbonyl (C=O) groups is 2. The van der Waals surface area contributed by atoms with Gasteiger partial charge < -0.3 is 16.0 Å². The number of aromatic nitrogens is 4. The summed E-state index contributed by atoms with van der Waals surface area (Å²) in [4.78, 5) is 38.4. The molecule has 8 nitrogen and oxygen atoms in total. The van der Waals surface area contributed by atoms with Gasteiger partial charge in [0, 0.05) is 17.5 Å². The SMILES string of the molecule is Cc1cnc(-c2ccccc2NC(=O)c2cnc(C(N)=O)cn2)[nH]1. The van der Waals surface area contributed by atoms with Crippen molar-refractivity contribution in [3.63, 3.8) is 0 Å². The fourth-order valence-electron chi connectivity index (χ4n) is 2.11. The van der Waals surface area contributed by atoms with Crippen LogP contribution in [-0.2, 0) is 0 Å². The van der Waals surface area contributed by atoms with Crippen molar-refractivity contribution in [2.45, 2.75) is 6.92 Å². The molecule has 2 aromatic heterocycles. The highest BCUT2D eigenvalue weighted by Gasteiger charge is 2.14. The zero-order valence-corrected chi connectivity index (χ0v) is 12.8. The van der Waals surface area contributed by atoms with E-state index in [0.29, 0.717) is 11.5 Å². The molecule has 0 aliphatic heterocycles. The van der Waals surface area contributed by atoms with Gasteiger partial charge in [0.05, 0.1) is 18.1 Å². The minimum atomic E-state index is -0.701. The summed E-state index contributed by atoms with van der Waals surface area (Å²) in [7, 11) is 0. The van der Waals surface area contributed by atoms with E-state index < -0.39 is 11.8 Å². The Bertz CT molecular complexity index is 901. The van der Waals surface area contributed by atoms with Gasteiger partial charge >= 0.3 is 0 Å². The molecule has 2 amide bonds. The van der Waals surface area contributed by atoms with Crippen molar-refractivity contribution in [3.8, 4) is 11.4 Å². The molecule has 120 valence electrons. The van der Waals surface area contributed by atoms with E-state index in [2.05, 4.69) is 25.3 Å². The van der Waals surface area contributed by atoms with E-state index in [9.17, 15) is 9.59 Å². The predicted molar refractivity (Wildman–Crippen MR) is 87.3 cm³/mol. The first-order valence-corrected chi connectivity index (χ1v) is 7.09. The zero-order chi connectivity index (χ0) is 17.1. The second kappa shape index (κ2) is 6.29. The highest BCUT2D eigenvalue weighted by atomic mass is 16.2. The number of hydrogen-bond acceptors (Lipinski definition) is 5. The molecule has 0 fully saturated rings. The maximum absolute atomic E-state index is 12.3. The average Bonchev–Trinajstić information content (AvgIpc) is 3.01. The van der Waals surface area contributed by atoms with Gasteiger partial charge in [-0.3, -0.25) is 9.59 Å². The van der Waals surface area contributed by atoms with Gasteiger partial charge in [-0.15, -0.1) is 0 Å². The van der Waals surface area contributed by atoms with Crippen molar-refractivity contribution in [3.05, 3.63) is 59.9 Å². The molecule has 0 spiro atoms. The lowest BCUT2D eigenvalue weighted by Gasteiger charge is -2.09. The molecule has 0 aliphatic carbocycles. The maximum Gasteiger partial charge on any atom is 0.275 e. The Morgan fingerprint density at radius 3 is 2.38 bits per heavy atom. The van der Waals surface area contributed by atoms with Crippen LogP contribution in [0, 0.1) is 6.92 Å². The van der Waals surface area contributed by atoms with Gasteiger partial charge in [-0.2, -0.15) is 0 Å². The number of anilines is 1. The molecule has 3 aromatic rings. The van der Waals surface area contributed by atoms with Crippen molar-refractivity contribution >= 4 is 17.5 Å². The molecular formula is C16H14N6O2. The topological polar surface area (TPSA) is 127 Å². The number of benzene rings is 1. The standard InChI is InChI=1S/C16H14N6O2/c1-9-6-20-15(21-9)10-4-2-3-5-11(10)22-16(24)13-8-18-12(7-19-13)14(17)23/h2-8H,1H3,(H2,17,23)(H,20,21)(H,22,24). The lowest BCUT2D eigenvalue weighted by molar-refractivity contribution is 0.0988. The van der Waals surface area contributed by atoms with Crippen LogP contribution in [0.4, 0.5) is 5.69 Å². The number of amides is 2. The van der Waals surface area contributed by atoms with Gasteiger partial charge in [0.25, 0.3) is 11.8 Å². The summed E-state index contributed by atoms with van der Waals surface area (Å²) in [6.07, 6.45) is 4.08. The van der Waals surface area contributed by atoms with Crippen molar-refractivity contribution < 1.29 is 9.59 Å². The first kappa shape index (κ1) is 15.3. The summed E-state index contributed by atoms with van der Waals surface area (Å²) < 4.78 is 0. The Labute approximate surface area is 137 Å². The molecule has 0 atom stereocenters. The third-order valence-corrected chi connectivity index (χ3v) is 3.27. The Kier molecular flexibility index (Phi) is 4.02. The molecule has 0 aliphatic rings. The third-order valence-electron chi connectivity index (χ3n) is 3.27. The van der Waals surface area contributed by atoms with Crippen LogP contribution >= 0.6 is 0 Å². The number of aromatic amines is 1. The molecule has 2 heterocycles. The van der Waals surface area contributed by atoms with E-state index >= 15 is 0 Å². The highest BCUT2D eigenvalue weighted by molar-refractivity contribution is 6.04. The smallest absolute Gasteiger partial charge is 0.275 e. The van der Waals surface area contributed by atoms with Crippen molar-refractivity contribution in [2.24, 2.45) is 5.73 Å².